The first-order valence-electron chi connectivity index (χ1n) is 20.3. The Morgan fingerprint density at radius 3 is 2.31 bits per heavy atom. The number of rotatable bonds is 6. The number of pyridine rings is 2. The molecule has 1 atom stereocenters. The van der Waals surface area contributed by atoms with Crippen molar-refractivity contribution in [2.24, 2.45) is 5.92 Å². The summed E-state index contributed by atoms with van der Waals surface area (Å²) >= 11 is 1.79. The average Bonchev–Trinajstić information content (AvgIpc) is 3.79. The summed E-state index contributed by atoms with van der Waals surface area (Å²) in [6, 6.07) is 45.1. The summed E-state index contributed by atoms with van der Waals surface area (Å²) in [5.74, 6) is -0.445. The number of fused-ring (bicyclic) bond motifs is 6. The normalized spacial score (nSPS) is 14.1. The number of aryl methyl sites for hydroxylation is 1. The minimum absolute atomic E-state index is 0. The molecule has 4 heterocycles. The number of aromatic nitrogens is 2. The molecule has 277 valence electrons. The molecule has 9 aromatic rings. The molecule has 55 heavy (non-hydrogen) atoms. The molecule has 0 aliphatic heterocycles. The number of benzene rings is 5. The van der Waals surface area contributed by atoms with Crippen molar-refractivity contribution in [2.45, 2.75) is 53.2 Å². The zero-order valence-electron chi connectivity index (χ0n) is 35.7. The second kappa shape index (κ2) is 15.8. The summed E-state index contributed by atoms with van der Waals surface area (Å²) in [5, 5.41) is 5.19. The van der Waals surface area contributed by atoms with Gasteiger partial charge in [0.15, 0.2) is 0 Å². The van der Waals surface area contributed by atoms with Gasteiger partial charge in [-0.1, -0.05) is 148 Å². The maximum absolute atomic E-state index is 8.80. The zero-order valence-corrected chi connectivity index (χ0v) is 36.0. The number of nitrogens with zero attached hydrogens (tertiary/aromatic N) is 2. The third-order valence-electron chi connectivity index (χ3n) is 10.2. The van der Waals surface area contributed by atoms with Gasteiger partial charge in [0.25, 0.3) is 0 Å². The molecule has 0 spiro atoms. The van der Waals surface area contributed by atoms with Crippen LogP contribution < -0.4 is 5.19 Å². The summed E-state index contributed by atoms with van der Waals surface area (Å²) in [4.78, 5) is 9.29. The van der Waals surface area contributed by atoms with E-state index >= 15 is 0 Å². The van der Waals surface area contributed by atoms with E-state index in [0.717, 1.165) is 27.9 Å². The topological polar surface area (TPSA) is 38.9 Å². The first kappa shape index (κ1) is 33.6. The Balaban J connectivity index is 0.000000178. The Bertz CT molecular complexity index is 2930. The van der Waals surface area contributed by atoms with E-state index in [1.807, 2.05) is 67.8 Å². The van der Waals surface area contributed by atoms with Crippen LogP contribution in [0.4, 0.5) is 0 Å². The number of hydrogen-bond donors (Lipinski definition) is 0. The van der Waals surface area contributed by atoms with Gasteiger partial charge in [0, 0.05) is 48.1 Å². The molecule has 0 aliphatic carbocycles. The molecule has 0 bridgehead atoms. The van der Waals surface area contributed by atoms with Gasteiger partial charge in [-0.15, -0.1) is 41.5 Å². The van der Waals surface area contributed by atoms with E-state index in [1.165, 1.54) is 36.5 Å². The predicted octanol–water partition coefficient (Wildman–Crippen LogP) is 13.6. The largest absolute Gasteiger partial charge is 0.501 e. The summed E-state index contributed by atoms with van der Waals surface area (Å²) in [5.41, 5.74) is 8.22. The Hall–Kier alpha value is -4.71. The van der Waals surface area contributed by atoms with Crippen molar-refractivity contribution in [1.82, 2.24) is 9.97 Å². The van der Waals surface area contributed by atoms with E-state index in [4.69, 9.17) is 9.90 Å². The summed E-state index contributed by atoms with van der Waals surface area (Å²) < 4.78 is 41.0. The molecule has 0 N–H and O–H groups in total. The van der Waals surface area contributed by atoms with Crippen molar-refractivity contribution in [3.63, 3.8) is 0 Å². The van der Waals surface area contributed by atoms with E-state index in [1.54, 1.807) is 17.4 Å². The maximum atomic E-state index is 8.80. The Labute approximate surface area is 348 Å². The van der Waals surface area contributed by atoms with Crippen molar-refractivity contribution in [3.8, 4) is 33.6 Å². The van der Waals surface area contributed by atoms with E-state index in [-0.39, 0.29) is 31.6 Å². The zero-order chi connectivity index (χ0) is 41.0. The van der Waals surface area contributed by atoms with Gasteiger partial charge in [0.1, 0.15) is 5.58 Å². The van der Waals surface area contributed by atoms with Gasteiger partial charge in [-0.05, 0) is 67.8 Å². The molecular formula is C49H44IrN2OSSi-2. The Morgan fingerprint density at radius 2 is 1.56 bits per heavy atom. The van der Waals surface area contributed by atoms with Crippen LogP contribution in [-0.4, -0.2) is 18.0 Å². The van der Waals surface area contributed by atoms with Crippen LogP contribution in [0.25, 0.3) is 75.8 Å². The fourth-order valence-corrected chi connectivity index (χ4v) is 9.12. The van der Waals surface area contributed by atoms with Gasteiger partial charge in [-0.25, -0.2) is 0 Å². The summed E-state index contributed by atoms with van der Waals surface area (Å²) in [6.45, 7) is 10.8. The van der Waals surface area contributed by atoms with Gasteiger partial charge in [-0.3, -0.25) is 0 Å². The minimum Gasteiger partial charge on any atom is -0.501 e. The molecule has 0 saturated carbocycles. The third-order valence-corrected chi connectivity index (χ3v) is 13.4. The van der Waals surface area contributed by atoms with Crippen LogP contribution in [0.15, 0.2) is 132 Å². The van der Waals surface area contributed by atoms with Gasteiger partial charge in [0.05, 0.1) is 13.7 Å². The standard InChI is InChI=1S/C28H24NS.C21H20NOSi.Ir/c1-18(2)19(3)21-14-15-29-26(16-21)25-11-7-10-24-23-13-12-22(17-27(23)30-28(24)25)20-8-5-4-6-9-20;1-14-9-11-16(18-12-10-15(13-22-18)24(2,3)4)21-20(14)17-7-5-6-8-19(17)23-21;/h4-10,12-19H,1-3H3;5-10,12-13H,1-4H3;/q2*-1;/i19D;1D3;. The fourth-order valence-electron chi connectivity index (χ4n) is 6.83. The molecule has 5 aromatic carbocycles. The number of thiophene rings is 1. The molecule has 0 aliphatic rings. The maximum Gasteiger partial charge on any atom is 0.120 e. The quantitative estimate of drug-likeness (QED) is 0.123. The first-order valence-corrected chi connectivity index (χ1v) is 22.7. The fraction of sp³-hybridized carbons (Fsp3) is 0.184. The minimum atomic E-state index is -2.24. The van der Waals surface area contributed by atoms with Crippen LogP contribution in [0.5, 0.6) is 0 Å². The monoisotopic (exact) mass is 933 g/mol. The van der Waals surface area contributed by atoms with Crippen LogP contribution in [-0.2, 0) is 20.1 Å². The second-order valence-electron chi connectivity index (χ2n) is 15.1. The molecular weight excluding hydrogens is 885 g/mol. The molecule has 3 nitrogen and oxygen atoms in total. The summed E-state index contributed by atoms with van der Waals surface area (Å²) in [6.07, 6.45) is 3.74. The molecule has 6 heteroatoms. The van der Waals surface area contributed by atoms with Crippen molar-refractivity contribution >= 4 is 66.7 Å². The first-order chi connectivity index (χ1) is 27.6. The molecule has 9 rings (SSSR count). The van der Waals surface area contributed by atoms with Crippen molar-refractivity contribution in [3.05, 3.63) is 151 Å². The van der Waals surface area contributed by atoms with E-state index in [0.29, 0.717) is 22.1 Å². The van der Waals surface area contributed by atoms with Crippen molar-refractivity contribution < 1.29 is 30.0 Å². The predicted molar refractivity (Wildman–Crippen MR) is 234 cm³/mol. The molecule has 4 aromatic heterocycles. The number of para-hydroxylation sites is 1. The van der Waals surface area contributed by atoms with E-state index in [9.17, 15) is 0 Å². The van der Waals surface area contributed by atoms with Gasteiger partial charge in [0.2, 0.25) is 0 Å². The van der Waals surface area contributed by atoms with Crippen LogP contribution in [0.2, 0.25) is 19.6 Å². The van der Waals surface area contributed by atoms with Crippen molar-refractivity contribution in [2.75, 3.05) is 0 Å². The number of furan rings is 1. The molecule has 1 radical (unpaired) electrons. The van der Waals surface area contributed by atoms with Crippen LogP contribution >= 0.6 is 11.3 Å². The second-order valence-corrected chi connectivity index (χ2v) is 21.2. The third kappa shape index (κ3) is 7.62. The molecule has 1 unspecified atom stereocenters. The van der Waals surface area contributed by atoms with Gasteiger partial charge < -0.3 is 14.4 Å². The van der Waals surface area contributed by atoms with Crippen LogP contribution in [0.3, 0.4) is 0 Å². The van der Waals surface area contributed by atoms with Crippen LogP contribution in [0.1, 0.15) is 43.3 Å². The molecule has 0 saturated heterocycles. The smallest absolute Gasteiger partial charge is 0.120 e. The summed E-state index contributed by atoms with van der Waals surface area (Å²) in [7, 11) is -1.44. The Morgan fingerprint density at radius 1 is 0.764 bits per heavy atom. The van der Waals surface area contributed by atoms with Crippen molar-refractivity contribution in [1.29, 1.82) is 0 Å². The Kier molecular flexibility index (Phi) is 9.65. The molecule has 0 fully saturated rings. The van der Waals surface area contributed by atoms with Gasteiger partial charge in [-0.2, -0.15) is 11.3 Å². The van der Waals surface area contributed by atoms with E-state index in [2.05, 4.69) is 116 Å². The van der Waals surface area contributed by atoms with Gasteiger partial charge >= 0.3 is 0 Å². The number of hydrogen-bond acceptors (Lipinski definition) is 4. The average molecular weight is 933 g/mol. The molecule has 0 amide bonds. The van der Waals surface area contributed by atoms with E-state index < -0.39 is 20.8 Å². The van der Waals surface area contributed by atoms with Crippen LogP contribution in [0, 0.1) is 24.9 Å². The SMILES string of the molecule is [2H]C(C)(c1ccnc(-c2[c-]ccc3c2sc2cc(-c4ccccc4)ccc23)c1)C(C)C.[2H]C([2H])([2H])c1c[c-]c(-c2ccc([Si](C)(C)C)cn2)c2oc3ccccc3c12.[Ir].